The van der Waals surface area contributed by atoms with Gasteiger partial charge in [0.05, 0.1) is 0 Å². The Morgan fingerprint density at radius 1 is 1.24 bits per heavy atom. The van der Waals surface area contributed by atoms with Crippen LogP contribution in [0.2, 0.25) is 0 Å². The van der Waals surface area contributed by atoms with E-state index < -0.39 is 59.9 Å². The minimum atomic E-state index is -0.897. The lowest BCUT2D eigenvalue weighted by atomic mass is 10.1. The van der Waals surface area contributed by atoms with Crippen LogP contribution < -0.4 is 5.73 Å². The Balaban J connectivity index is 1.42. The first-order valence-electron chi connectivity index (χ1n) is 11.2. The Morgan fingerprint density at radius 3 is 2.59 bits per heavy atom. The Hall–Kier alpha value is -2.77. The molecule has 0 spiro atoms. The van der Waals surface area contributed by atoms with E-state index in [4.69, 9.17) is 29.4 Å². The van der Waals surface area contributed by atoms with E-state index in [9.17, 15) is 14.4 Å². The van der Waals surface area contributed by atoms with Crippen LogP contribution in [0.25, 0.3) is 0 Å². The minimum absolute atomic E-state index is 0.119. The third-order valence-electron chi connectivity index (χ3n) is 5.66. The number of hydrogen-bond donors (Lipinski definition) is 1. The van der Waals surface area contributed by atoms with Gasteiger partial charge in [-0.15, -0.1) is 5.10 Å². The number of amides is 2. The minimum Gasteiger partial charge on any atom is -0.461 e. The number of nitrogens with two attached hydrogens (primary N) is 1. The van der Waals surface area contributed by atoms with Gasteiger partial charge in [0.25, 0.3) is 5.91 Å². The lowest BCUT2D eigenvalue weighted by molar-refractivity contribution is -0.204. The van der Waals surface area contributed by atoms with E-state index in [0.717, 1.165) is 0 Å². The summed E-state index contributed by atoms with van der Waals surface area (Å²) in [6.45, 7) is 9.13. The first kappa shape index (κ1) is 24.4. The van der Waals surface area contributed by atoms with Crippen LogP contribution in [0.15, 0.2) is 6.33 Å². The predicted octanol–water partition coefficient (Wildman–Crippen LogP) is 0.737. The van der Waals surface area contributed by atoms with Crippen molar-refractivity contribution in [1.82, 2.24) is 19.7 Å². The number of likely N-dealkylation sites (tertiary alicyclic amines) is 1. The second kappa shape index (κ2) is 8.78. The monoisotopic (exact) mass is 481 g/mol. The van der Waals surface area contributed by atoms with Crippen LogP contribution in [0.4, 0.5) is 4.79 Å². The molecule has 1 aromatic heterocycles. The van der Waals surface area contributed by atoms with Crippen LogP contribution in [0.3, 0.4) is 0 Å². The molecule has 2 amide bonds. The molecule has 0 radical (unpaired) electrons. The number of esters is 1. The Bertz CT molecular complexity index is 957. The molecule has 13 nitrogen and oxygen atoms in total. The fourth-order valence-corrected chi connectivity index (χ4v) is 4.33. The van der Waals surface area contributed by atoms with Gasteiger partial charge in [-0.1, -0.05) is 0 Å². The van der Waals surface area contributed by atoms with Crippen molar-refractivity contribution in [1.29, 1.82) is 0 Å². The summed E-state index contributed by atoms with van der Waals surface area (Å²) in [7, 11) is 0. The van der Waals surface area contributed by atoms with Gasteiger partial charge < -0.3 is 29.4 Å². The van der Waals surface area contributed by atoms with E-state index >= 15 is 0 Å². The standard InChI is InChI=1S/C21H31N5O8/c1-20(2,3)34-19(29)25-8-6-7-11(25)18(28)30-9-12-13-14(33-21(4,5)32-13)17(31-12)26-10-23-16(24-26)15(22)27/h10-14,17H,6-9H2,1-5H3,(H2,22,27)/t11-,12?,13?,14?,17?/m0/s1. The van der Waals surface area contributed by atoms with Crippen LogP contribution in [0.1, 0.15) is 64.3 Å². The number of primary amides is 1. The van der Waals surface area contributed by atoms with Gasteiger partial charge in [-0.25, -0.2) is 19.3 Å². The summed E-state index contributed by atoms with van der Waals surface area (Å²) in [5.74, 6) is -2.36. The highest BCUT2D eigenvalue weighted by molar-refractivity contribution is 5.88. The third kappa shape index (κ3) is 5.00. The van der Waals surface area contributed by atoms with E-state index in [1.807, 2.05) is 0 Å². The van der Waals surface area contributed by atoms with Gasteiger partial charge in [-0.2, -0.15) is 0 Å². The zero-order chi connectivity index (χ0) is 24.8. The quantitative estimate of drug-likeness (QED) is 0.595. The summed E-state index contributed by atoms with van der Waals surface area (Å²) in [4.78, 5) is 42.0. The second-order valence-corrected chi connectivity index (χ2v) is 10.0. The molecular formula is C21H31N5O8. The van der Waals surface area contributed by atoms with Crippen LogP contribution >= 0.6 is 0 Å². The summed E-state index contributed by atoms with van der Waals surface area (Å²) >= 11 is 0. The summed E-state index contributed by atoms with van der Waals surface area (Å²) in [5.41, 5.74) is 4.57. The molecule has 4 heterocycles. The van der Waals surface area contributed by atoms with Gasteiger partial charge in [-0.3, -0.25) is 9.69 Å². The highest BCUT2D eigenvalue weighted by Crippen LogP contribution is 2.42. The van der Waals surface area contributed by atoms with E-state index in [2.05, 4.69) is 10.1 Å². The Kier molecular flexibility index (Phi) is 6.29. The maximum atomic E-state index is 12.9. The zero-order valence-corrected chi connectivity index (χ0v) is 19.9. The van der Waals surface area contributed by atoms with Gasteiger partial charge in [-0.05, 0) is 47.5 Å². The molecule has 0 aromatic carbocycles. The number of ether oxygens (including phenoxy) is 5. The number of carbonyl (C=O) groups excluding carboxylic acids is 3. The number of carbonyl (C=O) groups is 3. The smallest absolute Gasteiger partial charge is 0.411 e. The molecule has 3 aliphatic rings. The number of aromatic nitrogens is 3. The van der Waals surface area contributed by atoms with E-state index in [1.165, 1.54) is 15.9 Å². The van der Waals surface area contributed by atoms with Gasteiger partial charge in [0.2, 0.25) is 5.82 Å². The highest BCUT2D eigenvalue weighted by atomic mass is 16.8. The van der Waals surface area contributed by atoms with Gasteiger partial charge >= 0.3 is 12.1 Å². The predicted molar refractivity (Wildman–Crippen MR) is 113 cm³/mol. The first-order chi connectivity index (χ1) is 15.8. The molecule has 3 aliphatic heterocycles. The average molecular weight is 482 g/mol. The van der Waals surface area contributed by atoms with Crippen molar-refractivity contribution in [2.24, 2.45) is 5.73 Å². The Labute approximate surface area is 196 Å². The molecule has 4 rings (SSSR count). The molecule has 0 aliphatic carbocycles. The molecule has 5 atom stereocenters. The van der Waals surface area contributed by atoms with Crippen LogP contribution in [-0.2, 0) is 28.5 Å². The molecule has 34 heavy (non-hydrogen) atoms. The van der Waals surface area contributed by atoms with Crippen LogP contribution in [0, 0.1) is 0 Å². The lowest BCUT2D eigenvalue weighted by Crippen LogP contribution is -2.45. The van der Waals surface area contributed by atoms with Gasteiger partial charge in [0, 0.05) is 6.54 Å². The third-order valence-corrected chi connectivity index (χ3v) is 5.66. The Morgan fingerprint density at radius 2 is 1.94 bits per heavy atom. The van der Waals surface area contributed by atoms with E-state index in [1.54, 1.807) is 34.6 Å². The van der Waals surface area contributed by atoms with Crippen molar-refractivity contribution in [2.45, 2.75) is 89.4 Å². The average Bonchev–Trinajstić information content (AvgIpc) is 3.47. The fourth-order valence-electron chi connectivity index (χ4n) is 4.33. The zero-order valence-electron chi connectivity index (χ0n) is 19.9. The molecule has 13 heteroatoms. The maximum Gasteiger partial charge on any atom is 0.411 e. The summed E-state index contributed by atoms with van der Waals surface area (Å²) in [5, 5.41) is 4.06. The molecule has 3 saturated heterocycles. The molecule has 4 unspecified atom stereocenters. The van der Waals surface area contributed by atoms with E-state index in [-0.39, 0.29) is 12.4 Å². The van der Waals surface area contributed by atoms with Gasteiger partial charge in [0.1, 0.15) is 42.9 Å². The second-order valence-electron chi connectivity index (χ2n) is 10.0. The molecule has 1 aromatic rings. The van der Waals surface area contributed by atoms with Crippen molar-refractivity contribution < 1.29 is 38.1 Å². The first-order valence-corrected chi connectivity index (χ1v) is 11.2. The molecule has 0 saturated carbocycles. The highest BCUT2D eigenvalue weighted by Gasteiger charge is 2.56. The van der Waals surface area contributed by atoms with Crippen LogP contribution in [0.5, 0.6) is 0 Å². The number of hydrogen-bond acceptors (Lipinski definition) is 10. The maximum absolute atomic E-state index is 12.9. The number of rotatable bonds is 5. The van der Waals surface area contributed by atoms with Crippen molar-refractivity contribution in [3.05, 3.63) is 12.2 Å². The fraction of sp³-hybridized carbons (Fsp3) is 0.762. The normalized spacial score (nSPS) is 30.3. The van der Waals surface area contributed by atoms with Crippen molar-refractivity contribution >= 4 is 18.0 Å². The SMILES string of the molecule is CC(C)(C)OC(=O)N1CCC[C@H]1C(=O)OCC1OC(n2cnc(C(N)=O)n2)C2OC(C)(C)OC12. The van der Waals surface area contributed by atoms with Crippen molar-refractivity contribution in [3.8, 4) is 0 Å². The molecule has 188 valence electrons. The molecule has 3 fully saturated rings. The lowest BCUT2D eigenvalue weighted by Gasteiger charge is -2.28. The van der Waals surface area contributed by atoms with Crippen molar-refractivity contribution in [3.63, 3.8) is 0 Å². The summed E-state index contributed by atoms with van der Waals surface area (Å²) in [6.07, 6.45) is -0.632. The number of fused-ring (bicyclic) bond motifs is 1. The van der Waals surface area contributed by atoms with E-state index in [0.29, 0.717) is 19.4 Å². The summed E-state index contributed by atoms with van der Waals surface area (Å²) in [6, 6.07) is -0.728. The largest absolute Gasteiger partial charge is 0.461 e. The number of nitrogens with zero attached hydrogens (tertiary/aromatic N) is 4. The van der Waals surface area contributed by atoms with Crippen molar-refractivity contribution in [2.75, 3.05) is 13.2 Å². The summed E-state index contributed by atoms with van der Waals surface area (Å²) < 4.78 is 30.3. The molecule has 0 bridgehead atoms. The van der Waals surface area contributed by atoms with Gasteiger partial charge in [0.15, 0.2) is 12.0 Å². The molecular weight excluding hydrogens is 450 g/mol. The topological polar surface area (TPSA) is 157 Å². The molecule has 2 N–H and O–H groups in total. The van der Waals surface area contributed by atoms with Crippen LogP contribution in [-0.4, -0.2) is 86.5 Å².